The summed E-state index contributed by atoms with van der Waals surface area (Å²) in [5, 5.41) is 0. The van der Waals surface area contributed by atoms with Crippen LogP contribution in [-0.2, 0) is 28.4 Å². The van der Waals surface area contributed by atoms with Crippen LogP contribution in [0, 0.1) is 5.41 Å². The molecule has 0 spiro atoms. The Hall–Kier alpha value is -2.10. The molecule has 3 rings (SSSR count). The number of Topliss-reactive ketones (excluding diaryl/α,β-unsaturated/α-hetero) is 1. The van der Waals surface area contributed by atoms with E-state index in [1.54, 1.807) is 4.90 Å². The second-order valence-electron chi connectivity index (χ2n) is 10.6. The summed E-state index contributed by atoms with van der Waals surface area (Å²) in [5.41, 5.74) is 2.29. The summed E-state index contributed by atoms with van der Waals surface area (Å²) >= 11 is 0. The Morgan fingerprint density at radius 1 is 0.857 bits per heavy atom. The number of piperidine rings is 1. The SMILES string of the molecule is CC1(CC(=O)Cc2cc(C(F)(F)F)cc(C(F)(F)F)c2)CCN(C(=O)CC2(N)CCCCC2)CC1. The Morgan fingerprint density at radius 2 is 1.37 bits per heavy atom. The maximum absolute atomic E-state index is 13.1. The second-order valence-corrected chi connectivity index (χ2v) is 10.6. The lowest BCUT2D eigenvalue weighted by molar-refractivity contribution is -0.143. The molecule has 1 saturated carbocycles. The number of benzene rings is 1. The van der Waals surface area contributed by atoms with Crippen molar-refractivity contribution in [3.63, 3.8) is 0 Å². The number of rotatable bonds is 6. The first-order chi connectivity index (χ1) is 16.1. The fourth-order valence-corrected chi connectivity index (χ4v) is 5.21. The summed E-state index contributed by atoms with van der Waals surface area (Å²) in [5.74, 6) is -0.436. The molecule has 1 saturated heterocycles. The van der Waals surface area contributed by atoms with E-state index in [-0.39, 0.29) is 24.0 Å². The van der Waals surface area contributed by atoms with Gasteiger partial charge in [-0.05, 0) is 54.9 Å². The van der Waals surface area contributed by atoms with Gasteiger partial charge >= 0.3 is 12.4 Å². The third kappa shape index (κ3) is 7.44. The van der Waals surface area contributed by atoms with Gasteiger partial charge in [-0.15, -0.1) is 0 Å². The highest BCUT2D eigenvalue weighted by Gasteiger charge is 2.39. The molecule has 35 heavy (non-hydrogen) atoms. The number of ketones is 1. The van der Waals surface area contributed by atoms with Crippen molar-refractivity contribution >= 4 is 11.7 Å². The first kappa shape index (κ1) is 27.5. The van der Waals surface area contributed by atoms with E-state index in [1.165, 1.54) is 0 Å². The molecule has 1 heterocycles. The number of hydrogen-bond acceptors (Lipinski definition) is 3. The molecular weight excluding hydrogens is 474 g/mol. The third-order valence-corrected chi connectivity index (χ3v) is 7.35. The summed E-state index contributed by atoms with van der Waals surface area (Å²) < 4.78 is 78.5. The van der Waals surface area contributed by atoms with E-state index in [9.17, 15) is 35.9 Å². The molecule has 1 aliphatic carbocycles. The molecule has 196 valence electrons. The number of nitrogens with two attached hydrogens (primary N) is 1. The van der Waals surface area contributed by atoms with Gasteiger partial charge in [0, 0.05) is 37.9 Å². The van der Waals surface area contributed by atoms with E-state index >= 15 is 0 Å². The van der Waals surface area contributed by atoms with Gasteiger partial charge in [0.15, 0.2) is 0 Å². The van der Waals surface area contributed by atoms with E-state index in [0.717, 1.165) is 32.1 Å². The Bertz CT molecular complexity index is 895. The molecule has 1 aliphatic heterocycles. The van der Waals surface area contributed by atoms with Crippen molar-refractivity contribution in [2.24, 2.45) is 11.1 Å². The van der Waals surface area contributed by atoms with Crippen molar-refractivity contribution < 1.29 is 35.9 Å². The molecule has 0 aromatic heterocycles. The first-order valence-corrected chi connectivity index (χ1v) is 12.0. The minimum atomic E-state index is -4.95. The first-order valence-electron chi connectivity index (χ1n) is 12.0. The van der Waals surface area contributed by atoms with E-state index in [4.69, 9.17) is 5.73 Å². The number of alkyl halides is 6. The van der Waals surface area contributed by atoms with Crippen LogP contribution in [0.4, 0.5) is 26.3 Å². The van der Waals surface area contributed by atoms with Crippen molar-refractivity contribution in [2.45, 2.75) is 89.0 Å². The lowest BCUT2D eigenvalue weighted by Gasteiger charge is -2.41. The minimum absolute atomic E-state index is 0.00794. The molecule has 2 fully saturated rings. The Morgan fingerprint density at radius 3 is 1.86 bits per heavy atom. The average molecular weight is 507 g/mol. The maximum atomic E-state index is 13.1. The zero-order valence-electron chi connectivity index (χ0n) is 19.8. The van der Waals surface area contributed by atoms with Gasteiger partial charge in [0.2, 0.25) is 5.91 Å². The van der Waals surface area contributed by atoms with E-state index in [1.807, 2.05) is 6.92 Å². The van der Waals surface area contributed by atoms with Crippen molar-refractivity contribution in [3.05, 3.63) is 34.9 Å². The fourth-order valence-electron chi connectivity index (χ4n) is 5.21. The van der Waals surface area contributed by atoms with Crippen LogP contribution in [0.2, 0.25) is 0 Å². The number of likely N-dealkylation sites (tertiary alicyclic amines) is 1. The van der Waals surface area contributed by atoms with Crippen molar-refractivity contribution in [1.29, 1.82) is 0 Å². The Labute approximate surface area is 201 Å². The normalized spacial score (nSPS) is 20.5. The van der Waals surface area contributed by atoms with Gasteiger partial charge in [-0.25, -0.2) is 0 Å². The van der Waals surface area contributed by atoms with Gasteiger partial charge in [0.1, 0.15) is 5.78 Å². The molecule has 1 aromatic rings. The predicted octanol–water partition coefficient (Wildman–Crippen LogP) is 5.91. The molecule has 0 unspecified atom stereocenters. The van der Waals surface area contributed by atoms with Gasteiger partial charge < -0.3 is 10.6 Å². The number of halogens is 6. The van der Waals surface area contributed by atoms with Crippen LogP contribution in [0.3, 0.4) is 0 Å². The van der Waals surface area contributed by atoms with Crippen molar-refractivity contribution in [3.8, 4) is 0 Å². The van der Waals surface area contributed by atoms with Crippen LogP contribution >= 0.6 is 0 Å². The molecule has 0 bridgehead atoms. The van der Waals surface area contributed by atoms with Gasteiger partial charge in [0.25, 0.3) is 0 Å². The number of carbonyl (C=O) groups excluding carboxylic acids is 2. The second kappa shape index (κ2) is 10.1. The molecule has 2 aliphatic rings. The lowest BCUT2D eigenvalue weighted by Crippen LogP contribution is -2.49. The third-order valence-electron chi connectivity index (χ3n) is 7.35. The van der Waals surface area contributed by atoms with Crippen LogP contribution in [0.25, 0.3) is 0 Å². The molecule has 0 radical (unpaired) electrons. The predicted molar refractivity (Wildman–Crippen MR) is 118 cm³/mol. The molecule has 1 amide bonds. The topological polar surface area (TPSA) is 63.4 Å². The van der Waals surface area contributed by atoms with E-state index < -0.39 is 46.6 Å². The maximum Gasteiger partial charge on any atom is 0.416 e. The minimum Gasteiger partial charge on any atom is -0.343 e. The summed E-state index contributed by atoms with van der Waals surface area (Å²) in [6.07, 6.45) is -4.25. The quantitative estimate of drug-likeness (QED) is 0.488. The van der Waals surface area contributed by atoms with Crippen LogP contribution in [0.15, 0.2) is 18.2 Å². The molecular formula is C25H32F6N2O2. The van der Waals surface area contributed by atoms with Crippen molar-refractivity contribution in [1.82, 2.24) is 4.90 Å². The highest BCUT2D eigenvalue weighted by molar-refractivity contribution is 5.82. The number of amides is 1. The molecule has 0 atom stereocenters. The molecule has 2 N–H and O–H groups in total. The summed E-state index contributed by atoms with van der Waals surface area (Å²) in [6, 6.07) is 1.26. The fraction of sp³-hybridized carbons (Fsp3) is 0.680. The van der Waals surface area contributed by atoms with Gasteiger partial charge in [0.05, 0.1) is 11.1 Å². The summed E-state index contributed by atoms with van der Waals surface area (Å²) in [6.45, 7) is 2.76. The van der Waals surface area contributed by atoms with E-state index in [0.29, 0.717) is 44.5 Å². The zero-order chi connectivity index (χ0) is 26.1. The summed E-state index contributed by atoms with van der Waals surface area (Å²) in [4.78, 5) is 27.2. The summed E-state index contributed by atoms with van der Waals surface area (Å²) in [7, 11) is 0. The van der Waals surface area contributed by atoms with E-state index in [2.05, 4.69) is 0 Å². The highest BCUT2D eigenvalue weighted by Crippen LogP contribution is 2.38. The van der Waals surface area contributed by atoms with Gasteiger partial charge in [-0.1, -0.05) is 26.2 Å². The monoisotopic (exact) mass is 506 g/mol. The lowest BCUT2D eigenvalue weighted by atomic mass is 9.75. The molecule has 10 heteroatoms. The van der Waals surface area contributed by atoms with Gasteiger partial charge in [-0.3, -0.25) is 9.59 Å². The van der Waals surface area contributed by atoms with Crippen molar-refractivity contribution in [2.75, 3.05) is 13.1 Å². The molecule has 4 nitrogen and oxygen atoms in total. The molecule has 1 aromatic carbocycles. The van der Waals surface area contributed by atoms with Crippen LogP contribution in [-0.4, -0.2) is 35.2 Å². The van der Waals surface area contributed by atoms with Crippen LogP contribution in [0.1, 0.15) is 81.4 Å². The zero-order valence-corrected chi connectivity index (χ0v) is 19.8. The highest BCUT2D eigenvalue weighted by atomic mass is 19.4. The average Bonchev–Trinajstić information content (AvgIpc) is 2.72. The standard InChI is InChI=1S/C25H32F6N2O2/c1-22(7-9-33(10-8-22)21(35)16-23(32)5-3-2-4-6-23)15-20(34)13-17-11-18(24(26,27)28)14-19(12-17)25(29,30)31/h11-12,14H,2-10,13,15-16,32H2,1H3. The Kier molecular flexibility index (Phi) is 7.94. The van der Waals surface area contributed by atoms with Crippen LogP contribution in [0.5, 0.6) is 0 Å². The number of hydrogen-bond donors (Lipinski definition) is 1. The van der Waals surface area contributed by atoms with Crippen LogP contribution < -0.4 is 5.73 Å². The number of carbonyl (C=O) groups is 2. The van der Waals surface area contributed by atoms with Gasteiger partial charge in [-0.2, -0.15) is 26.3 Å². The smallest absolute Gasteiger partial charge is 0.343 e. The largest absolute Gasteiger partial charge is 0.416 e. The number of nitrogens with zero attached hydrogens (tertiary/aromatic N) is 1. The Balaban J connectivity index is 1.59.